The first-order valence-corrected chi connectivity index (χ1v) is 4.50. The van der Waals surface area contributed by atoms with Crippen LogP contribution >= 0.6 is 15.9 Å². The fourth-order valence-corrected chi connectivity index (χ4v) is 1.64. The van der Waals surface area contributed by atoms with E-state index in [1.807, 2.05) is 0 Å². The Bertz CT molecular complexity index is 175. The third-order valence-electron chi connectivity index (χ3n) is 1.74. The van der Waals surface area contributed by atoms with Gasteiger partial charge in [0, 0.05) is 4.32 Å². The van der Waals surface area contributed by atoms with Crippen molar-refractivity contribution in [1.82, 2.24) is 0 Å². The highest BCUT2D eigenvalue weighted by atomic mass is 79.9. The van der Waals surface area contributed by atoms with Crippen LogP contribution in [0.5, 0.6) is 0 Å². The number of halogens is 1. The van der Waals surface area contributed by atoms with E-state index in [2.05, 4.69) is 48.0 Å². The Balaban J connectivity index is 2.75. The Morgan fingerprint density at radius 1 is 1.70 bits per heavy atom. The fraction of sp³-hybridized carbons (Fsp3) is 0.556. The summed E-state index contributed by atoms with van der Waals surface area (Å²) in [4.78, 5) is 0. The van der Waals surface area contributed by atoms with Gasteiger partial charge in [-0.15, -0.1) is 0 Å². The number of hydrogen-bond donors (Lipinski definition) is 0. The SMILES string of the molecule is CCC1=CC(C)(Br)CC=C1. The zero-order chi connectivity index (χ0) is 7.61. The van der Waals surface area contributed by atoms with Crippen LogP contribution in [0.2, 0.25) is 0 Å². The molecule has 1 rings (SSSR count). The number of rotatable bonds is 1. The minimum atomic E-state index is 0.215. The molecule has 0 saturated heterocycles. The molecular formula is C9H13Br. The van der Waals surface area contributed by atoms with Crippen LogP contribution in [0.4, 0.5) is 0 Å². The molecule has 10 heavy (non-hydrogen) atoms. The molecule has 0 amide bonds. The van der Waals surface area contributed by atoms with Gasteiger partial charge in [-0.1, -0.05) is 46.7 Å². The number of alkyl halides is 1. The minimum Gasteiger partial charge on any atom is -0.0826 e. The number of hydrogen-bond acceptors (Lipinski definition) is 0. The van der Waals surface area contributed by atoms with Crippen LogP contribution in [0.25, 0.3) is 0 Å². The third-order valence-corrected chi connectivity index (χ3v) is 2.30. The maximum atomic E-state index is 3.65. The molecule has 0 heterocycles. The van der Waals surface area contributed by atoms with Gasteiger partial charge < -0.3 is 0 Å². The van der Waals surface area contributed by atoms with Crippen molar-refractivity contribution in [3.63, 3.8) is 0 Å². The summed E-state index contributed by atoms with van der Waals surface area (Å²) in [6.45, 7) is 4.39. The summed E-state index contributed by atoms with van der Waals surface area (Å²) in [6, 6.07) is 0. The predicted octanol–water partition coefficient (Wildman–Crippen LogP) is 3.44. The lowest BCUT2D eigenvalue weighted by Crippen LogP contribution is -2.13. The van der Waals surface area contributed by atoms with E-state index < -0.39 is 0 Å². The largest absolute Gasteiger partial charge is 0.0826 e. The van der Waals surface area contributed by atoms with Crippen LogP contribution in [-0.2, 0) is 0 Å². The summed E-state index contributed by atoms with van der Waals surface area (Å²) in [5.41, 5.74) is 1.44. The van der Waals surface area contributed by atoms with Crippen molar-refractivity contribution in [3.05, 3.63) is 23.8 Å². The summed E-state index contributed by atoms with van der Waals surface area (Å²) in [7, 11) is 0. The van der Waals surface area contributed by atoms with Crippen molar-refractivity contribution < 1.29 is 0 Å². The highest BCUT2D eigenvalue weighted by Crippen LogP contribution is 2.30. The standard InChI is InChI=1S/C9H13Br/c1-3-8-5-4-6-9(2,10)7-8/h4-5,7H,3,6H2,1-2H3. The van der Waals surface area contributed by atoms with Crippen LogP contribution < -0.4 is 0 Å². The zero-order valence-electron chi connectivity index (χ0n) is 6.52. The first kappa shape index (κ1) is 8.06. The average Bonchev–Trinajstić information content (AvgIpc) is 1.86. The molecule has 0 nitrogen and oxygen atoms in total. The highest BCUT2D eigenvalue weighted by Gasteiger charge is 2.17. The van der Waals surface area contributed by atoms with E-state index in [1.165, 1.54) is 5.57 Å². The van der Waals surface area contributed by atoms with Crippen molar-refractivity contribution in [2.24, 2.45) is 0 Å². The Kier molecular flexibility index (Phi) is 2.35. The molecule has 1 aliphatic carbocycles. The molecule has 1 unspecified atom stereocenters. The van der Waals surface area contributed by atoms with E-state index >= 15 is 0 Å². The molecule has 0 bridgehead atoms. The lowest BCUT2D eigenvalue weighted by Gasteiger charge is -2.20. The Hall–Kier alpha value is -0.0400. The average molecular weight is 201 g/mol. The highest BCUT2D eigenvalue weighted by molar-refractivity contribution is 9.10. The molecule has 0 N–H and O–H groups in total. The third kappa shape index (κ3) is 1.98. The summed E-state index contributed by atoms with van der Waals surface area (Å²) >= 11 is 3.65. The lowest BCUT2D eigenvalue weighted by atomic mass is 9.97. The van der Waals surface area contributed by atoms with Gasteiger partial charge >= 0.3 is 0 Å². The van der Waals surface area contributed by atoms with Crippen molar-refractivity contribution in [2.45, 2.75) is 31.0 Å². The van der Waals surface area contributed by atoms with Gasteiger partial charge in [0.15, 0.2) is 0 Å². The van der Waals surface area contributed by atoms with Crippen LogP contribution in [0.1, 0.15) is 26.7 Å². The quantitative estimate of drug-likeness (QED) is 0.570. The molecule has 0 aromatic rings. The predicted molar refractivity (Wildman–Crippen MR) is 49.5 cm³/mol. The fourth-order valence-electron chi connectivity index (χ4n) is 1.15. The maximum absolute atomic E-state index is 3.65. The molecular weight excluding hydrogens is 188 g/mol. The van der Waals surface area contributed by atoms with Gasteiger partial charge in [-0.2, -0.15) is 0 Å². The molecule has 0 saturated carbocycles. The second-order valence-corrected chi connectivity index (χ2v) is 4.77. The van der Waals surface area contributed by atoms with E-state index in [0.29, 0.717) is 0 Å². The van der Waals surface area contributed by atoms with E-state index in [0.717, 1.165) is 12.8 Å². The zero-order valence-corrected chi connectivity index (χ0v) is 8.11. The molecule has 0 aromatic carbocycles. The first-order valence-electron chi connectivity index (χ1n) is 3.71. The summed E-state index contributed by atoms with van der Waals surface area (Å²) in [6.07, 6.45) is 8.98. The van der Waals surface area contributed by atoms with E-state index in [1.54, 1.807) is 0 Å². The summed E-state index contributed by atoms with van der Waals surface area (Å²) < 4.78 is 0.215. The molecule has 0 spiro atoms. The molecule has 1 heteroatoms. The van der Waals surface area contributed by atoms with Crippen molar-refractivity contribution in [3.8, 4) is 0 Å². The first-order chi connectivity index (χ1) is 4.64. The van der Waals surface area contributed by atoms with Gasteiger partial charge in [-0.3, -0.25) is 0 Å². The second kappa shape index (κ2) is 2.91. The molecule has 56 valence electrons. The Labute approximate surface area is 71.1 Å². The van der Waals surface area contributed by atoms with Crippen LogP contribution in [0.3, 0.4) is 0 Å². The summed E-state index contributed by atoms with van der Waals surface area (Å²) in [5.74, 6) is 0. The van der Waals surface area contributed by atoms with E-state index in [4.69, 9.17) is 0 Å². The summed E-state index contributed by atoms with van der Waals surface area (Å²) in [5, 5.41) is 0. The van der Waals surface area contributed by atoms with Gasteiger partial charge in [-0.05, 0) is 19.8 Å². The van der Waals surface area contributed by atoms with Gasteiger partial charge in [0.25, 0.3) is 0 Å². The number of allylic oxidation sites excluding steroid dienone is 4. The molecule has 0 aromatic heterocycles. The lowest BCUT2D eigenvalue weighted by molar-refractivity contribution is 0.799. The van der Waals surface area contributed by atoms with Gasteiger partial charge in [0.05, 0.1) is 0 Å². The molecule has 1 atom stereocenters. The normalized spacial score (nSPS) is 32.1. The van der Waals surface area contributed by atoms with Crippen LogP contribution in [-0.4, -0.2) is 4.32 Å². The second-order valence-electron chi connectivity index (χ2n) is 2.96. The van der Waals surface area contributed by atoms with Crippen LogP contribution in [0.15, 0.2) is 23.8 Å². The van der Waals surface area contributed by atoms with Gasteiger partial charge in [-0.25, -0.2) is 0 Å². The van der Waals surface area contributed by atoms with E-state index in [9.17, 15) is 0 Å². The van der Waals surface area contributed by atoms with E-state index in [-0.39, 0.29) is 4.32 Å². The minimum absolute atomic E-state index is 0.215. The van der Waals surface area contributed by atoms with Crippen molar-refractivity contribution >= 4 is 15.9 Å². The van der Waals surface area contributed by atoms with Crippen molar-refractivity contribution in [1.29, 1.82) is 0 Å². The molecule has 0 fully saturated rings. The molecule has 1 aliphatic rings. The van der Waals surface area contributed by atoms with Crippen molar-refractivity contribution in [2.75, 3.05) is 0 Å². The molecule has 0 aliphatic heterocycles. The van der Waals surface area contributed by atoms with Gasteiger partial charge in [0.1, 0.15) is 0 Å². The smallest absolute Gasteiger partial charge is 0.0448 e. The topological polar surface area (TPSA) is 0 Å². The maximum Gasteiger partial charge on any atom is 0.0448 e. The monoisotopic (exact) mass is 200 g/mol. The Morgan fingerprint density at radius 2 is 2.40 bits per heavy atom. The molecule has 0 radical (unpaired) electrons. The van der Waals surface area contributed by atoms with Gasteiger partial charge in [0.2, 0.25) is 0 Å². The Morgan fingerprint density at radius 3 is 2.80 bits per heavy atom. The van der Waals surface area contributed by atoms with Crippen LogP contribution in [0, 0.1) is 0 Å².